The van der Waals surface area contributed by atoms with E-state index in [0.29, 0.717) is 12.6 Å². The summed E-state index contributed by atoms with van der Waals surface area (Å²) in [6.07, 6.45) is 0. The molecule has 0 aliphatic carbocycles. The molecule has 1 aromatic rings. The molecule has 0 saturated carbocycles. The van der Waals surface area contributed by atoms with Crippen LogP contribution in [0.4, 0.5) is 5.69 Å². The Morgan fingerprint density at radius 2 is 2.29 bits per heavy atom. The van der Waals surface area contributed by atoms with Crippen LogP contribution in [0.1, 0.15) is 19.4 Å². The molecule has 0 aromatic heterocycles. The fraction of sp³-hybridized carbons (Fsp3) is 0.400. The van der Waals surface area contributed by atoms with Gasteiger partial charge in [0.1, 0.15) is 0 Å². The molecule has 1 aliphatic heterocycles. The van der Waals surface area contributed by atoms with Crippen molar-refractivity contribution in [3.63, 3.8) is 0 Å². The Kier molecular flexibility index (Phi) is 2.48. The number of fused-ring (bicyclic) bond motifs is 1. The molecule has 0 saturated heterocycles. The van der Waals surface area contributed by atoms with Crippen LogP contribution in [0.25, 0.3) is 0 Å². The van der Waals surface area contributed by atoms with E-state index in [4.69, 9.17) is 4.65 Å². The van der Waals surface area contributed by atoms with Crippen molar-refractivity contribution in [1.82, 2.24) is 0 Å². The third kappa shape index (κ3) is 1.76. The molecular formula is C10H14BNO2. The molecule has 3 nitrogen and oxygen atoms in total. The largest absolute Gasteiger partial charge is 0.491 e. The van der Waals surface area contributed by atoms with E-state index in [1.54, 1.807) is 0 Å². The average molecular weight is 191 g/mol. The van der Waals surface area contributed by atoms with E-state index in [0.717, 1.165) is 16.7 Å². The van der Waals surface area contributed by atoms with Gasteiger partial charge in [-0.3, -0.25) is 0 Å². The van der Waals surface area contributed by atoms with Gasteiger partial charge in [-0.2, -0.15) is 0 Å². The van der Waals surface area contributed by atoms with Crippen molar-refractivity contribution in [2.24, 2.45) is 0 Å². The second-order valence-electron chi connectivity index (χ2n) is 3.88. The third-order valence-electron chi connectivity index (χ3n) is 2.26. The average Bonchev–Trinajstić information content (AvgIpc) is 2.46. The predicted octanol–water partition coefficient (Wildman–Crippen LogP) is 0.725. The van der Waals surface area contributed by atoms with Gasteiger partial charge in [0.15, 0.2) is 0 Å². The Balaban J connectivity index is 2.24. The molecular weight excluding hydrogens is 177 g/mol. The van der Waals surface area contributed by atoms with Crippen LogP contribution in [0.2, 0.25) is 0 Å². The Bertz CT molecular complexity index is 341. The van der Waals surface area contributed by atoms with Crippen molar-refractivity contribution < 1.29 is 9.68 Å². The SMILES string of the molecule is CC(C)Nc1ccc2c(c1)COB2O. The van der Waals surface area contributed by atoms with Crippen molar-refractivity contribution in [1.29, 1.82) is 0 Å². The van der Waals surface area contributed by atoms with Crippen LogP contribution in [0, 0.1) is 0 Å². The fourth-order valence-electron chi connectivity index (χ4n) is 1.65. The van der Waals surface area contributed by atoms with E-state index < -0.39 is 7.12 Å². The monoisotopic (exact) mass is 191 g/mol. The summed E-state index contributed by atoms with van der Waals surface area (Å²) < 4.78 is 5.11. The number of anilines is 1. The molecule has 1 aromatic carbocycles. The zero-order valence-electron chi connectivity index (χ0n) is 8.45. The lowest BCUT2D eigenvalue weighted by Crippen LogP contribution is -2.27. The van der Waals surface area contributed by atoms with Crippen LogP contribution in [-0.4, -0.2) is 18.2 Å². The van der Waals surface area contributed by atoms with E-state index in [1.807, 2.05) is 18.2 Å². The topological polar surface area (TPSA) is 41.5 Å². The van der Waals surface area contributed by atoms with Gasteiger partial charge in [0, 0.05) is 11.7 Å². The van der Waals surface area contributed by atoms with Gasteiger partial charge >= 0.3 is 7.12 Å². The van der Waals surface area contributed by atoms with E-state index in [1.165, 1.54) is 0 Å². The highest BCUT2D eigenvalue weighted by atomic mass is 16.5. The summed E-state index contributed by atoms with van der Waals surface area (Å²) in [5.74, 6) is 0. The Labute approximate surface area is 84.2 Å². The maximum atomic E-state index is 9.41. The van der Waals surface area contributed by atoms with Gasteiger partial charge in [-0.1, -0.05) is 6.07 Å². The predicted molar refractivity (Wildman–Crippen MR) is 57.6 cm³/mol. The van der Waals surface area contributed by atoms with Gasteiger partial charge in [-0.25, -0.2) is 0 Å². The van der Waals surface area contributed by atoms with Gasteiger partial charge < -0.3 is 15.0 Å². The van der Waals surface area contributed by atoms with Crippen LogP contribution >= 0.6 is 0 Å². The second kappa shape index (κ2) is 3.63. The maximum absolute atomic E-state index is 9.41. The molecule has 0 bridgehead atoms. The first-order valence-corrected chi connectivity index (χ1v) is 4.86. The molecule has 0 unspecified atom stereocenters. The highest BCUT2D eigenvalue weighted by Crippen LogP contribution is 2.15. The molecule has 0 amide bonds. The van der Waals surface area contributed by atoms with Gasteiger partial charge in [0.25, 0.3) is 0 Å². The molecule has 0 fully saturated rings. The van der Waals surface area contributed by atoms with E-state index in [2.05, 4.69) is 19.2 Å². The summed E-state index contributed by atoms with van der Waals surface area (Å²) in [7, 11) is -0.738. The first-order chi connectivity index (χ1) is 6.66. The first-order valence-electron chi connectivity index (χ1n) is 4.86. The first kappa shape index (κ1) is 9.56. The third-order valence-corrected chi connectivity index (χ3v) is 2.26. The molecule has 2 rings (SSSR count). The van der Waals surface area contributed by atoms with E-state index in [9.17, 15) is 5.02 Å². The molecule has 0 radical (unpaired) electrons. The van der Waals surface area contributed by atoms with Crippen LogP contribution in [0.3, 0.4) is 0 Å². The normalized spacial score (nSPS) is 14.7. The standard InChI is InChI=1S/C10H14BNO2/c1-7(2)12-9-3-4-10-8(5-9)6-14-11(10)13/h3-5,7,12-13H,6H2,1-2H3. The molecule has 4 heteroatoms. The second-order valence-corrected chi connectivity index (χ2v) is 3.88. The molecule has 14 heavy (non-hydrogen) atoms. The number of nitrogens with one attached hydrogen (secondary N) is 1. The van der Waals surface area contributed by atoms with Crippen molar-refractivity contribution >= 4 is 18.3 Å². The quantitative estimate of drug-likeness (QED) is 0.677. The molecule has 0 spiro atoms. The van der Waals surface area contributed by atoms with Crippen LogP contribution in [-0.2, 0) is 11.3 Å². The summed E-state index contributed by atoms with van der Waals surface area (Å²) in [5, 5.41) is 12.7. The van der Waals surface area contributed by atoms with Crippen molar-refractivity contribution in [2.75, 3.05) is 5.32 Å². The molecule has 1 aliphatic rings. The van der Waals surface area contributed by atoms with Crippen LogP contribution < -0.4 is 10.8 Å². The van der Waals surface area contributed by atoms with Gasteiger partial charge in [-0.05, 0) is 37.0 Å². The minimum absolute atomic E-state index is 0.417. The molecule has 1 heterocycles. The summed E-state index contributed by atoms with van der Waals surface area (Å²) in [4.78, 5) is 0. The Hall–Kier alpha value is -0.995. The maximum Gasteiger partial charge on any atom is 0.491 e. The van der Waals surface area contributed by atoms with Gasteiger partial charge in [0.05, 0.1) is 6.61 Å². The summed E-state index contributed by atoms with van der Waals surface area (Å²) in [6.45, 7) is 4.70. The Morgan fingerprint density at radius 3 is 3.00 bits per heavy atom. The van der Waals surface area contributed by atoms with Crippen LogP contribution in [0.5, 0.6) is 0 Å². The number of benzene rings is 1. The van der Waals surface area contributed by atoms with E-state index >= 15 is 0 Å². The number of hydrogen-bond donors (Lipinski definition) is 2. The lowest BCUT2D eigenvalue weighted by molar-refractivity contribution is 0.275. The lowest BCUT2D eigenvalue weighted by Gasteiger charge is -2.10. The minimum Gasteiger partial charge on any atom is -0.423 e. The van der Waals surface area contributed by atoms with Crippen molar-refractivity contribution in [2.45, 2.75) is 26.5 Å². The van der Waals surface area contributed by atoms with E-state index in [-0.39, 0.29) is 0 Å². The highest BCUT2D eigenvalue weighted by Gasteiger charge is 2.26. The van der Waals surface area contributed by atoms with Crippen LogP contribution in [0.15, 0.2) is 18.2 Å². The van der Waals surface area contributed by atoms with Gasteiger partial charge in [-0.15, -0.1) is 0 Å². The molecule has 2 N–H and O–H groups in total. The number of hydrogen-bond acceptors (Lipinski definition) is 3. The van der Waals surface area contributed by atoms with Gasteiger partial charge in [0.2, 0.25) is 0 Å². The summed E-state index contributed by atoms with van der Waals surface area (Å²) >= 11 is 0. The number of rotatable bonds is 2. The summed E-state index contributed by atoms with van der Waals surface area (Å²) in [6, 6.07) is 6.33. The highest BCUT2D eigenvalue weighted by molar-refractivity contribution is 6.61. The summed E-state index contributed by atoms with van der Waals surface area (Å²) in [5.41, 5.74) is 3.04. The molecule has 0 atom stereocenters. The fourth-order valence-corrected chi connectivity index (χ4v) is 1.65. The minimum atomic E-state index is -0.738. The molecule has 74 valence electrons. The Morgan fingerprint density at radius 1 is 1.50 bits per heavy atom. The zero-order chi connectivity index (χ0) is 10.1. The smallest absolute Gasteiger partial charge is 0.423 e. The zero-order valence-corrected chi connectivity index (χ0v) is 8.45. The van der Waals surface area contributed by atoms with Crippen molar-refractivity contribution in [3.8, 4) is 0 Å². The lowest BCUT2D eigenvalue weighted by atomic mass is 9.79. The van der Waals surface area contributed by atoms with Crippen molar-refractivity contribution in [3.05, 3.63) is 23.8 Å².